The summed E-state index contributed by atoms with van der Waals surface area (Å²) in [5.74, 6) is -0.264. The molecular weight excluding hydrogens is 214 g/mol. The molecule has 2 N–H and O–H groups in total. The van der Waals surface area contributed by atoms with Crippen molar-refractivity contribution < 1.29 is 9.53 Å². The summed E-state index contributed by atoms with van der Waals surface area (Å²) >= 11 is 0. The van der Waals surface area contributed by atoms with Gasteiger partial charge in [0.15, 0.2) is 0 Å². The molecule has 1 aromatic carbocycles. The first-order valence-corrected chi connectivity index (χ1v) is 5.94. The first kappa shape index (κ1) is 12.1. The van der Waals surface area contributed by atoms with Crippen molar-refractivity contribution in [1.29, 1.82) is 0 Å². The van der Waals surface area contributed by atoms with Crippen LogP contribution in [0, 0.1) is 13.8 Å². The van der Waals surface area contributed by atoms with Crippen LogP contribution in [0.25, 0.3) is 0 Å². The third-order valence-electron chi connectivity index (χ3n) is 3.93. The summed E-state index contributed by atoms with van der Waals surface area (Å²) in [6.07, 6.45) is 2.24. The Labute approximate surface area is 102 Å². The Morgan fingerprint density at radius 2 is 2.06 bits per heavy atom. The maximum absolute atomic E-state index is 11.7. The largest absolute Gasteiger partial charge is 0.465 e. The van der Waals surface area contributed by atoms with E-state index in [-0.39, 0.29) is 11.4 Å². The summed E-state index contributed by atoms with van der Waals surface area (Å²) in [4.78, 5) is 11.7. The predicted octanol–water partition coefficient (Wildman–Crippen LogP) is 2.08. The van der Waals surface area contributed by atoms with E-state index >= 15 is 0 Å². The van der Waals surface area contributed by atoms with Crippen molar-refractivity contribution in [2.45, 2.75) is 32.1 Å². The molecule has 1 aromatic rings. The molecule has 0 heterocycles. The fourth-order valence-electron chi connectivity index (χ4n) is 2.25. The lowest BCUT2D eigenvalue weighted by molar-refractivity contribution is 0.0599. The highest BCUT2D eigenvalue weighted by molar-refractivity contribution is 5.91. The smallest absolute Gasteiger partial charge is 0.338 e. The molecule has 1 fully saturated rings. The van der Waals surface area contributed by atoms with E-state index in [1.54, 1.807) is 0 Å². The third kappa shape index (κ3) is 1.95. The molecule has 0 aromatic heterocycles. The maximum Gasteiger partial charge on any atom is 0.338 e. The van der Waals surface area contributed by atoms with Crippen molar-refractivity contribution in [3.05, 3.63) is 34.4 Å². The molecule has 0 radical (unpaired) electrons. The molecule has 92 valence electrons. The highest BCUT2D eigenvalue weighted by atomic mass is 16.5. The highest BCUT2D eigenvalue weighted by Gasteiger charge is 2.43. The average Bonchev–Trinajstić information content (AvgIpc) is 3.12. The number of ether oxygens (including phenoxy) is 1. The standard InChI is InChI=1S/C14H19NO2/c1-9-6-11(14(8-15)4-5-14)7-12(10(9)2)13(16)17-3/h6-7H,4-5,8,15H2,1-3H3. The second-order valence-electron chi connectivity index (χ2n) is 4.94. The van der Waals surface area contributed by atoms with Crippen molar-refractivity contribution >= 4 is 5.97 Å². The summed E-state index contributed by atoms with van der Waals surface area (Å²) in [5.41, 5.74) is 9.92. The van der Waals surface area contributed by atoms with Gasteiger partial charge >= 0.3 is 5.97 Å². The van der Waals surface area contributed by atoms with Crippen molar-refractivity contribution in [3.63, 3.8) is 0 Å². The number of benzene rings is 1. The number of aryl methyl sites for hydroxylation is 1. The fourth-order valence-corrected chi connectivity index (χ4v) is 2.25. The van der Waals surface area contributed by atoms with Crippen LogP contribution in [-0.4, -0.2) is 19.6 Å². The van der Waals surface area contributed by atoms with Crippen molar-refractivity contribution in [2.24, 2.45) is 5.73 Å². The quantitative estimate of drug-likeness (QED) is 0.813. The van der Waals surface area contributed by atoms with Crippen molar-refractivity contribution in [3.8, 4) is 0 Å². The van der Waals surface area contributed by atoms with E-state index in [9.17, 15) is 4.79 Å². The summed E-state index contributed by atoms with van der Waals surface area (Å²) in [6.45, 7) is 4.63. The molecule has 0 amide bonds. The molecule has 0 atom stereocenters. The summed E-state index contributed by atoms with van der Waals surface area (Å²) in [5, 5.41) is 0. The Balaban J connectivity index is 2.50. The van der Waals surface area contributed by atoms with Crippen molar-refractivity contribution in [1.82, 2.24) is 0 Å². The summed E-state index contributed by atoms with van der Waals surface area (Å²) in [6, 6.07) is 4.11. The summed E-state index contributed by atoms with van der Waals surface area (Å²) in [7, 11) is 1.42. The van der Waals surface area contributed by atoms with Crippen molar-refractivity contribution in [2.75, 3.05) is 13.7 Å². The third-order valence-corrected chi connectivity index (χ3v) is 3.93. The molecule has 1 saturated carbocycles. The molecule has 0 bridgehead atoms. The minimum atomic E-state index is -0.264. The minimum absolute atomic E-state index is 0.112. The molecule has 3 heteroatoms. The zero-order valence-corrected chi connectivity index (χ0v) is 10.7. The Hall–Kier alpha value is -1.35. The van der Waals surface area contributed by atoms with Crippen LogP contribution in [0.5, 0.6) is 0 Å². The van der Waals surface area contributed by atoms with Crippen LogP contribution >= 0.6 is 0 Å². The van der Waals surface area contributed by atoms with Gasteiger partial charge in [0.05, 0.1) is 12.7 Å². The molecule has 1 aliphatic carbocycles. The van der Waals surface area contributed by atoms with Gasteiger partial charge in [0, 0.05) is 12.0 Å². The predicted molar refractivity (Wildman–Crippen MR) is 67.2 cm³/mol. The van der Waals surface area contributed by atoms with Gasteiger partial charge in [0.2, 0.25) is 0 Å². The van der Waals surface area contributed by atoms with Gasteiger partial charge < -0.3 is 10.5 Å². The first-order valence-electron chi connectivity index (χ1n) is 5.94. The van der Waals surface area contributed by atoms with Crippen LogP contribution in [0.1, 0.15) is 39.9 Å². The lowest BCUT2D eigenvalue weighted by atomic mass is 9.90. The van der Waals surface area contributed by atoms with Crippen LogP contribution < -0.4 is 5.73 Å². The minimum Gasteiger partial charge on any atom is -0.465 e. The molecule has 3 nitrogen and oxygen atoms in total. The van der Waals surface area contributed by atoms with E-state index in [0.29, 0.717) is 12.1 Å². The van der Waals surface area contributed by atoms with Gasteiger partial charge in [0.25, 0.3) is 0 Å². The van der Waals surface area contributed by atoms with Gasteiger partial charge in [-0.3, -0.25) is 0 Å². The molecule has 2 rings (SSSR count). The number of nitrogens with two attached hydrogens (primary N) is 1. The number of carbonyl (C=O) groups is 1. The lowest BCUT2D eigenvalue weighted by Crippen LogP contribution is -2.21. The molecule has 1 aliphatic rings. The van der Waals surface area contributed by atoms with Crippen LogP contribution in [-0.2, 0) is 10.2 Å². The monoisotopic (exact) mass is 233 g/mol. The molecule has 0 unspecified atom stereocenters. The topological polar surface area (TPSA) is 52.3 Å². The Kier molecular flexibility index (Phi) is 2.96. The first-order chi connectivity index (χ1) is 8.04. The van der Waals surface area contributed by atoms with Gasteiger partial charge in [-0.05, 0) is 49.4 Å². The van der Waals surface area contributed by atoms with E-state index in [1.165, 1.54) is 12.7 Å². The normalized spacial score (nSPS) is 16.7. The van der Waals surface area contributed by atoms with E-state index in [0.717, 1.165) is 24.0 Å². The van der Waals surface area contributed by atoms with Crippen LogP contribution in [0.4, 0.5) is 0 Å². The Bertz CT molecular complexity index is 462. The maximum atomic E-state index is 11.7. The lowest BCUT2D eigenvalue weighted by Gasteiger charge is -2.17. The zero-order chi connectivity index (χ0) is 12.6. The van der Waals surface area contributed by atoms with Crippen LogP contribution in [0.3, 0.4) is 0 Å². The Morgan fingerprint density at radius 3 is 2.53 bits per heavy atom. The second kappa shape index (κ2) is 4.15. The highest BCUT2D eigenvalue weighted by Crippen LogP contribution is 2.47. The average molecular weight is 233 g/mol. The number of hydrogen-bond donors (Lipinski definition) is 1. The van der Waals surface area contributed by atoms with Gasteiger partial charge in [-0.2, -0.15) is 0 Å². The number of rotatable bonds is 3. The molecule has 17 heavy (non-hydrogen) atoms. The van der Waals surface area contributed by atoms with Crippen LogP contribution in [0.2, 0.25) is 0 Å². The van der Waals surface area contributed by atoms with Gasteiger partial charge in [-0.25, -0.2) is 4.79 Å². The number of hydrogen-bond acceptors (Lipinski definition) is 3. The van der Waals surface area contributed by atoms with Crippen LogP contribution in [0.15, 0.2) is 12.1 Å². The number of esters is 1. The van der Waals surface area contributed by atoms with Gasteiger partial charge in [0.1, 0.15) is 0 Å². The molecule has 0 saturated heterocycles. The van der Waals surface area contributed by atoms with E-state index in [1.807, 2.05) is 19.9 Å². The SMILES string of the molecule is COC(=O)c1cc(C2(CN)CC2)cc(C)c1C. The number of carbonyl (C=O) groups excluding carboxylic acids is 1. The second-order valence-corrected chi connectivity index (χ2v) is 4.94. The van der Waals surface area contributed by atoms with E-state index in [2.05, 4.69) is 6.07 Å². The molecule has 0 spiro atoms. The van der Waals surface area contributed by atoms with Gasteiger partial charge in [-0.15, -0.1) is 0 Å². The zero-order valence-electron chi connectivity index (χ0n) is 10.7. The van der Waals surface area contributed by atoms with Gasteiger partial charge in [-0.1, -0.05) is 6.07 Å². The Morgan fingerprint density at radius 1 is 1.41 bits per heavy atom. The van der Waals surface area contributed by atoms with E-state index < -0.39 is 0 Å². The van der Waals surface area contributed by atoms with E-state index in [4.69, 9.17) is 10.5 Å². The number of methoxy groups -OCH3 is 1. The summed E-state index contributed by atoms with van der Waals surface area (Å²) < 4.78 is 4.82. The fraction of sp³-hybridized carbons (Fsp3) is 0.500. The molecular formula is C14H19NO2. The molecule has 0 aliphatic heterocycles.